The zero-order valence-corrected chi connectivity index (χ0v) is 12.4. The lowest BCUT2D eigenvalue weighted by Crippen LogP contribution is -2.13. The second kappa shape index (κ2) is 5.63. The maximum atomic E-state index is 12.1. The summed E-state index contributed by atoms with van der Waals surface area (Å²) < 4.78 is 0.865. The van der Waals surface area contributed by atoms with Crippen molar-refractivity contribution >= 4 is 39.1 Å². The Morgan fingerprint density at radius 3 is 2.74 bits per heavy atom. The fraction of sp³-hybridized carbons (Fsp3) is 0.0714. The zero-order chi connectivity index (χ0) is 14.0. The average Bonchev–Trinajstić information content (AvgIpc) is 2.36. The first-order valence-corrected chi connectivity index (χ1v) is 6.70. The monoisotopic (exact) mass is 339 g/mol. The van der Waals surface area contributed by atoms with E-state index in [0.29, 0.717) is 10.7 Å². The van der Waals surface area contributed by atoms with Gasteiger partial charge >= 0.3 is 0 Å². The molecule has 2 aromatic rings. The van der Waals surface area contributed by atoms with Gasteiger partial charge in [-0.25, -0.2) is 0 Å². The molecule has 0 saturated carbocycles. The van der Waals surface area contributed by atoms with Gasteiger partial charge in [-0.05, 0) is 42.8 Å². The highest BCUT2D eigenvalue weighted by atomic mass is 79.9. The highest BCUT2D eigenvalue weighted by molar-refractivity contribution is 9.10. The molecule has 2 N–H and O–H groups in total. The van der Waals surface area contributed by atoms with Crippen LogP contribution in [0, 0.1) is 6.92 Å². The first-order valence-electron chi connectivity index (χ1n) is 5.53. The lowest BCUT2D eigenvalue weighted by molar-refractivity contribution is 0.102. The van der Waals surface area contributed by atoms with Gasteiger partial charge in [-0.2, -0.15) is 0 Å². The number of hydrogen-bond acceptors (Lipinski definition) is 2. The summed E-state index contributed by atoms with van der Waals surface area (Å²) in [5.74, 6) is -0.504. The summed E-state index contributed by atoms with van der Waals surface area (Å²) in [4.78, 5) is 12.1. The van der Waals surface area contributed by atoms with E-state index in [1.165, 1.54) is 18.2 Å². The van der Waals surface area contributed by atoms with E-state index in [1.807, 2.05) is 19.1 Å². The van der Waals surface area contributed by atoms with E-state index in [-0.39, 0.29) is 11.3 Å². The molecule has 5 heteroatoms. The molecule has 3 nitrogen and oxygen atoms in total. The SMILES string of the molecule is Cc1ccc(Br)cc1NC(=O)c1cc(Cl)ccc1O. The van der Waals surface area contributed by atoms with E-state index in [1.54, 1.807) is 6.07 Å². The highest BCUT2D eigenvalue weighted by Crippen LogP contribution is 2.25. The Morgan fingerprint density at radius 2 is 2.00 bits per heavy atom. The molecular formula is C14H11BrClNO2. The summed E-state index contributed by atoms with van der Waals surface area (Å²) in [6.07, 6.45) is 0. The third-order valence-corrected chi connectivity index (χ3v) is 3.38. The summed E-state index contributed by atoms with van der Waals surface area (Å²) in [6, 6.07) is 9.93. The lowest BCUT2D eigenvalue weighted by Gasteiger charge is -2.10. The topological polar surface area (TPSA) is 49.3 Å². The molecule has 0 atom stereocenters. The van der Waals surface area contributed by atoms with Crippen molar-refractivity contribution in [3.8, 4) is 5.75 Å². The molecule has 0 heterocycles. The smallest absolute Gasteiger partial charge is 0.259 e. The first-order chi connectivity index (χ1) is 8.97. The van der Waals surface area contributed by atoms with Crippen molar-refractivity contribution in [1.29, 1.82) is 0 Å². The van der Waals surface area contributed by atoms with Crippen molar-refractivity contribution in [2.75, 3.05) is 5.32 Å². The third-order valence-electron chi connectivity index (χ3n) is 2.65. The Labute approximate surface area is 124 Å². The van der Waals surface area contributed by atoms with Crippen molar-refractivity contribution in [1.82, 2.24) is 0 Å². The third kappa shape index (κ3) is 3.28. The number of phenolic OH excluding ortho intramolecular Hbond substituents is 1. The van der Waals surface area contributed by atoms with Gasteiger partial charge in [0, 0.05) is 15.2 Å². The maximum Gasteiger partial charge on any atom is 0.259 e. The number of hydrogen-bond donors (Lipinski definition) is 2. The summed E-state index contributed by atoms with van der Waals surface area (Å²) in [5.41, 5.74) is 1.75. The molecule has 0 spiro atoms. The fourth-order valence-corrected chi connectivity index (χ4v) is 2.14. The van der Waals surface area contributed by atoms with Crippen LogP contribution in [0.3, 0.4) is 0 Å². The molecule has 1 amide bonds. The predicted octanol–water partition coefficient (Wildman–Crippen LogP) is 4.37. The van der Waals surface area contributed by atoms with Gasteiger partial charge in [-0.3, -0.25) is 4.79 Å². The van der Waals surface area contributed by atoms with Crippen LogP contribution in [0.4, 0.5) is 5.69 Å². The molecule has 0 aliphatic rings. The van der Waals surface area contributed by atoms with Gasteiger partial charge in [0.1, 0.15) is 5.75 Å². The van der Waals surface area contributed by atoms with Crippen LogP contribution in [0.5, 0.6) is 5.75 Å². The van der Waals surface area contributed by atoms with E-state index < -0.39 is 5.91 Å². The number of benzene rings is 2. The molecule has 2 rings (SSSR count). The van der Waals surface area contributed by atoms with Gasteiger partial charge in [-0.15, -0.1) is 0 Å². The standard InChI is InChI=1S/C14H11BrClNO2/c1-8-2-3-9(15)6-12(8)17-14(19)11-7-10(16)4-5-13(11)18/h2-7,18H,1H3,(H,17,19). The number of phenols is 1. The van der Waals surface area contributed by atoms with Crippen LogP contribution in [0.15, 0.2) is 40.9 Å². The Balaban J connectivity index is 2.30. The van der Waals surface area contributed by atoms with E-state index in [0.717, 1.165) is 10.0 Å². The van der Waals surface area contributed by atoms with Crippen molar-refractivity contribution in [2.45, 2.75) is 6.92 Å². The number of carbonyl (C=O) groups is 1. The van der Waals surface area contributed by atoms with E-state index in [9.17, 15) is 9.90 Å². The second-order valence-corrected chi connectivity index (χ2v) is 5.43. The van der Waals surface area contributed by atoms with Crippen LogP contribution < -0.4 is 5.32 Å². The summed E-state index contributed by atoms with van der Waals surface area (Å²) in [7, 11) is 0. The minimum absolute atomic E-state index is 0.102. The molecule has 0 saturated heterocycles. The van der Waals surface area contributed by atoms with Gasteiger partial charge in [0.25, 0.3) is 5.91 Å². The molecule has 0 bridgehead atoms. The molecule has 0 aromatic heterocycles. The van der Waals surface area contributed by atoms with Gasteiger partial charge in [-0.1, -0.05) is 33.6 Å². The Kier molecular flexibility index (Phi) is 4.12. The number of halogens is 2. The number of nitrogens with one attached hydrogen (secondary N) is 1. The molecule has 0 unspecified atom stereocenters. The first kappa shape index (κ1) is 13.9. The highest BCUT2D eigenvalue weighted by Gasteiger charge is 2.13. The van der Waals surface area contributed by atoms with E-state index >= 15 is 0 Å². The summed E-state index contributed by atoms with van der Waals surface area (Å²) in [5, 5.41) is 12.8. The number of rotatable bonds is 2. The van der Waals surface area contributed by atoms with Crippen LogP contribution in [-0.4, -0.2) is 11.0 Å². The zero-order valence-electron chi connectivity index (χ0n) is 10.1. The largest absolute Gasteiger partial charge is 0.507 e. The number of amides is 1. The van der Waals surface area contributed by atoms with Gasteiger partial charge in [0.15, 0.2) is 0 Å². The van der Waals surface area contributed by atoms with Crippen LogP contribution in [0.2, 0.25) is 5.02 Å². The van der Waals surface area contributed by atoms with Gasteiger partial charge in [0.2, 0.25) is 0 Å². The minimum Gasteiger partial charge on any atom is -0.507 e. The van der Waals surface area contributed by atoms with Crippen LogP contribution >= 0.6 is 27.5 Å². The molecule has 2 aromatic carbocycles. The second-order valence-electron chi connectivity index (χ2n) is 4.07. The summed E-state index contributed by atoms with van der Waals surface area (Å²) in [6.45, 7) is 1.89. The summed E-state index contributed by atoms with van der Waals surface area (Å²) >= 11 is 9.17. The number of carbonyl (C=O) groups excluding carboxylic acids is 1. The molecular weight excluding hydrogens is 330 g/mol. The lowest BCUT2D eigenvalue weighted by atomic mass is 10.1. The Morgan fingerprint density at radius 1 is 1.26 bits per heavy atom. The molecule has 19 heavy (non-hydrogen) atoms. The van der Waals surface area contributed by atoms with Crippen molar-refractivity contribution < 1.29 is 9.90 Å². The number of anilines is 1. The van der Waals surface area contributed by atoms with E-state index in [2.05, 4.69) is 21.2 Å². The van der Waals surface area contributed by atoms with Crippen LogP contribution in [0.1, 0.15) is 15.9 Å². The van der Waals surface area contributed by atoms with Crippen LogP contribution in [0.25, 0.3) is 0 Å². The molecule has 0 aliphatic heterocycles. The van der Waals surface area contributed by atoms with Crippen LogP contribution in [-0.2, 0) is 0 Å². The van der Waals surface area contributed by atoms with Gasteiger partial charge in [0.05, 0.1) is 5.56 Å². The molecule has 0 fully saturated rings. The van der Waals surface area contributed by atoms with Gasteiger partial charge < -0.3 is 10.4 Å². The Hall–Kier alpha value is -1.52. The van der Waals surface area contributed by atoms with Crippen molar-refractivity contribution in [2.24, 2.45) is 0 Å². The predicted molar refractivity (Wildman–Crippen MR) is 79.9 cm³/mol. The quantitative estimate of drug-likeness (QED) is 0.853. The van der Waals surface area contributed by atoms with Crippen molar-refractivity contribution in [3.05, 3.63) is 57.0 Å². The minimum atomic E-state index is -0.402. The average molecular weight is 341 g/mol. The fourth-order valence-electron chi connectivity index (χ4n) is 1.61. The molecule has 0 aliphatic carbocycles. The molecule has 98 valence electrons. The van der Waals surface area contributed by atoms with E-state index in [4.69, 9.17) is 11.6 Å². The molecule has 0 radical (unpaired) electrons. The maximum absolute atomic E-state index is 12.1. The number of aryl methyl sites for hydroxylation is 1. The Bertz CT molecular complexity index is 643. The van der Waals surface area contributed by atoms with Crippen molar-refractivity contribution in [3.63, 3.8) is 0 Å². The normalized spacial score (nSPS) is 10.3. The number of aromatic hydroxyl groups is 1.